The minimum atomic E-state index is -0.575. The molecule has 0 bridgehead atoms. The molecular weight excluding hydrogens is 434 g/mol. The molecule has 0 saturated heterocycles. The van der Waals surface area contributed by atoms with E-state index in [9.17, 15) is 9.59 Å². The fourth-order valence-electron chi connectivity index (χ4n) is 3.00. The highest BCUT2D eigenvalue weighted by molar-refractivity contribution is 8.18. The first-order chi connectivity index (χ1) is 14.9. The van der Waals surface area contributed by atoms with Crippen LogP contribution in [0.25, 0.3) is 22.5 Å². The molecule has 1 aliphatic rings. The summed E-state index contributed by atoms with van der Waals surface area (Å²) in [5.74, 6) is -1.07. The van der Waals surface area contributed by atoms with Gasteiger partial charge < -0.3 is 4.74 Å². The molecule has 0 atom stereocenters. The van der Waals surface area contributed by atoms with Crippen LogP contribution in [0.5, 0.6) is 0 Å². The maximum Gasteiger partial charge on any atom is 0.332 e. The van der Waals surface area contributed by atoms with Crippen LogP contribution in [0.2, 0.25) is 5.02 Å². The van der Waals surface area contributed by atoms with Gasteiger partial charge in [0, 0.05) is 22.2 Å². The maximum absolute atomic E-state index is 12.4. The number of hydrogen-bond donors (Lipinski definition) is 0. The van der Waals surface area contributed by atoms with E-state index in [4.69, 9.17) is 21.4 Å². The Morgan fingerprint density at radius 1 is 1.13 bits per heavy atom. The zero-order valence-corrected chi connectivity index (χ0v) is 18.4. The summed E-state index contributed by atoms with van der Waals surface area (Å²) in [6, 6.07) is 17.3. The van der Waals surface area contributed by atoms with Gasteiger partial charge >= 0.3 is 5.97 Å². The van der Waals surface area contributed by atoms with Crippen molar-refractivity contribution in [3.8, 4) is 22.5 Å². The molecule has 4 rings (SSSR count). The lowest BCUT2D eigenvalue weighted by molar-refractivity contribution is -0.137. The van der Waals surface area contributed by atoms with Gasteiger partial charge in [-0.3, -0.25) is 4.79 Å². The van der Waals surface area contributed by atoms with Crippen LogP contribution in [0.3, 0.4) is 0 Å². The van der Waals surface area contributed by atoms with Crippen molar-refractivity contribution in [3.63, 3.8) is 0 Å². The van der Waals surface area contributed by atoms with Crippen LogP contribution < -0.4 is 0 Å². The van der Waals surface area contributed by atoms with Gasteiger partial charge in [-0.05, 0) is 43.8 Å². The van der Waals surface area contributed by atoms with E-state index >= 15 is 0 Å². The Hall–Kier alpha value is -3.16. The third-order valence-corrected chi connectivity index (χ3v) is 5.73. The van der Waals surface area contributed by atoms with E-state index in [2.05, 4.69) is 4.99 Å². The van der Waals surface area contributed by atoms with Gasteiger partial charge in [-0.15, -0.1) is 0 Å². The van der Waals surface area contributed by atoms with Crippen LogP contribution in [0.1, 0.15) is 12.5 Å². The average Bonchev–Trinajstić information content (AvgIpc) is 3.33. The molecule has 0 N–H and O–H groups in total. The van der Waals surface area contributed by atoms with Gasteiger partial charge in [0.2, 0.25) is 0 Å². The normalized spacial score (nSPS) is 14.7. The predicted octanol–water partition coefficient (Wildman–Crippen LogP) is 5.10. The maximum atomic E-state index is 12.4. The number of carbonyl (C=O) groups is 2. The molecule has 0 spiro atoms. The molecule has 1 aliphatic heterocycles. The fourth-order valence-corrected chi connectivity index (χ4v) is 3.96. The van der Waals surface area contributed by atoms with Gasteiger partial charge in [-0.2, -0.15) is 10.1 Å². The van der Waals surface area contributed by atoms with E-state index in [0.717, 1.165) is 39.8 Å². The Morgan fingerprint density at radius 2 is 1.81 bits per heavy atom. The first-order valence-corrected chi connectivity index (χ1v) is 10.8. The second-order valence-electron chi connectivity index (χ2n) is 6.76. The molecule has 0 aliphatic carbocycles. The van der Waals surface area contributed by atoms with Gasteiger partial charge in [0.15, 0.2) is 5.17 Å². The molecule has 2 heterocycles. The monoisotopic (exact) mass is 451 g/mol. The summed E-state index contributed by atoms with van der Waals surface area (Å²) in [5, 5.41) is 5.70. The summed E-state index contributed by atoms with van der Waals surface area (Å²) in [4.78, 5) is 28.5. The largest absolute Gasteiger partial charge is 0.463 e. The van der Waals surface area contributed by atoms with Crippen molar-refractivity contribution in [2.75, 3.05) is 6.61 Å². The van der Waals surface area contributed by atoms with Crippen LogP contribution >= 0.6 is 23.4 Å². The van der Waals surface area contributed by atoms with Crippen LogP contribution in [-0.4, -0.2) is 33.4 Å². The number of halogens is 1. The van der Waals surface area contributed by atoms with Crippen molar-refractivity contribution in [1.82, 2.24) is 9.78 Å². The van der Waals surface area contributed by atoms with Crippen LogP contribution in [-0.2, 0) is 14.3 Å². The minimum absolute atomic E-state index is 0.197. The topological polar surface area (TPSA) is 73.6 Å². The molecular formula is C23H18ClN3O3S. The molecule has 2 aromatic carbocycles. The molecule has 1 amide bonds. The highest BCUT2D eigenvalue weighted by Gasteiger charge is 2.27. The standard InChI is InChI=1S/C23H18ClN3O3S/c1-3-30-21(28)13-20-22(29)25-23(31-20)27-19(16-8-10-17(24)11-9-16)12-18(26-27)15-6-4-14(2)5-7-15/h4-13H,3H2,1-2H3/b20-13-. The zero-order chi connectivity index (χ0) is 22.0. The number of benzene rings is 2. The van der Waals surface area contributed by atoms with Crippen molar-refractivity contribution in [2.24, 2.45) is 4.99 Å². The summed E-state index contributed by atoms with van der Waals surface area (Å²) >= 11 is 7.13. The van der Waals surface area contributed by atoms with E-state index in [1.807, 2.05) is 49.4 Å². The summed E-state index contributed by atoms with van der Waals surface area (Å²) < 4.78 is 6.52. The van der Waals surface area contributed by atoms with Gasteiger partial charge in [-0.25, -0.2) is 9.48 Å². The van der Waals surface area contributed by atoms with Crippen molar-refractivity contribution >= 4 is 40.4 Å². The lowest BCUT2D eigenvalue weighted by Crippen LogP contribution is -2.09. The number of ether oxygens (including phenoxy) is 1. The van der Waals surface area contributed by atoms with Crippen molar-refractivity contribution in [2.45, 2.75) is 13.8 Å². The molecule has 1 aromatic heterocycles. The predicted molar refractivity (Wildman–Crippen MR) is 123 cm³/mol. The highest BCUT2D eigenvalue weighted by atomic mass is 35.5. The van der Waals surface area contributed by atoms with Crippen LogP contribution in [0.4, 0.5) is 0 Å². The smallest absolute Gasteiger partial charge is 0.332 e. The molecule has 31 heavy (non-hydrogen) atoms. The second kappa shape index (κ2) is 8.91. The summed E-state index contributed by atoms with van der Waals surface area (Å²) in [6.45, 7) is 3.96. The number of esters is 1. The Bertz CT molecular complexity index is 1210. The van der Waals surface area contributed by atoms with Crippen molar-refractivity contribution < 1.29 is 14.3 Å². The second-order valence-corrected chi connectivity index (χ2v) is 8.21. The number of aryl methyl sites for hydroxylation is 1. The Labute approximate surface area is 188 Å². The number of thioether (sulfide) groups is 1. The Kier molecular flexibility index (Phi) is 6.06. The first-order valence-electron chi connectivity index (χ1n) is 9.57. The van der Waals surface area contributed by atoms with E-state index < -0.39 is 11.9 Å². The average molecular weight is 452 g/mol. The molecule has 156 valence electrons. The molecule has 3 aromatic rings. The first kappa shape index (κ1) is 21.1. The number of hydrogen-bond acceptors (Lipinski definition) is 5. The Balaban J connectivity index is 1.76. The third-order valence-electron chi connectivity index (χ3n) is 4.52. The van der Waals surface area contributed by atoms with Crippen LogP contribution in [0.15, 0.2) is 70.6 Å². The van der Waals surface area contributed by atoms with Gasteiger partial charge in [0.05, 0.1) is 22.9 Å². The zero-order valence-electron chi connectivity index (χ0n) is 16.8. The van der Waals surface area contributed by atoms with E-state index in [1.165, 1.54) is 6.08 Å². The molecule has 0 radical (unpaired) electrons. The minimum Gasteiger partial charge on any atom is -0.463 e. The van der Waals surface area contributed by atoms with Crippen LogP contribution in [0, 0.1) is 6.92 Å². The van der Waals surface area contributed by atoms with Gasteiger partial charge in [-0.1, -0.05) is 53.6 Å². The lowest BCUT2D eigenvalue weighted by Gasteiger charge is -2.06. The molecule has 0 saturated carbocycles. The Morgan fingerprint density at radius 3 is 2.48 bits per heavy atom. The van der Waals surface area contributed by atoms with Gasteiger partial charge in [0.25, 0.3) is 5.91 Å². The number of nitrogens with zero attached hydrogens (tertiary/aromatic N) is 3. The van der Waals surface area contributed by atoms with Crippen molar-refractivity contribution in [3.05, 3.63) is 76.2 Å². The molecule has 6 nitrogen and oxygen atoms in total. The number of carbonyl (C=O) groups excluding carboxylic acids is 2. The molecule has 0 unspecified atom stereocenters. The van der Waals surface area contributed by atoms with E-state index in [-0.39, 0.29) is 11.5 Å². The quantitative estimate of drug-likeness (QED) is 0.407. The SMILES string of the molecule is CCOC(=O)/C=C1\SC(n2nc(-c3ccc(C)cc3)cc2-c2ccc(Cl)cc2)=NC1=O. The summed E-state index contributed by atoms with van der Waals surface area (Å²) in [6.07, 6.45) is 1.17. The number of rotatable bonds is 4. The number of aromatic nitrogens is 2. The fraction of sp³-hybridized carbons (Fsp3) is 0.130. The highest BCUT2D eigenvalue weighted by Crippen LogP contribution is 2.33. The number of amides is 1. The third kappa shape index (κ3) is 4.62. The van der Waals surface area contributed by atoms with Gasteiger partial charge in [0.1, 0.15) is 0 Å². The molecule has 8 heteroatoms. The van der Waals surface area contributed by atoms with E-state index in [1.54, 1.807) is 23.7 Å². The lowest BCUT2D eigenvalue weighted by atomic mass is 10.1. The number of aliphatic imine (C=N–C) groups is 1. The summed E-state index contributed by atoms with van der Waals surface area (Å²) in [7, 11) is 0. The molecule has 0 fully saturated rings. The summed E-state index contributed by atoms with van der Waals surface area (Å²) in [5.41, 5.74) is 4.45. The van der Waals surface area contributed by atoms with Crippen molar-refractivity contribution in [1.29, 1.82) is 0 Å². The van der Waals surface area contributed by atoms with E-state index in [0.29, 0.717) is 10.2 Å².